The molecule has 0 bridgehead atoms. The Morgan fingerprint density at radius 2 is 1.67 bits per heavy atom. The van der Waals surface area contributed by atoms with Crippen LogP contribution in [-0.4, -0.2) is 16.5 Å². The Labute approximate surface area is 177 Å². The van der Waals surface area contributed by atoms with Gasteiger partial charge in [0.15, 0.2) is 0 Å². The molecule has 0 aliphatic heterocycles. The molecule has 2 aromatic rings. The second-order valence-electron chi connectivity index (χ2n) is 9.08. The number of carbonyl (C=O) groups is 1. The normalized spacial score (nSPS) is 18.5. The van der Waals surface area contributed by atoms with Crippen LogP contribution in [0.3, 0.4) is 0 Å². The van der Waals surface area contributed by atoms with E-state index in [1.807, 2.05) is 11.5 Å². The average Bonchev–Trinajstić information content (AvgIpc) is 3.07. The van der Waals surface area contributed by atoms with Crippen molar-refractivity contribution in [2.45, 2.75) is 83.7 Å². The van der Waals surface area contributed by atoms with E-state index in [9.17, 15) is 13.6 Å². The molecule has 1 heterocycles. The molecule has 1 amide bonds. The highest BCUT2D eigenvalue weighted by molar-refractivity contribution is 5.97. The van der Waals surface area contributed by atoms with E-state index in [1.54, 1.807) is 6.07 Å². The summed E-state index contributed by atoms with van der Waals surface area (Å²) in [6.45, 7) is 2.67. The van der Waals surface area contributed by atoms with Crippen LogP contribution in [0.2, 0.25) is 0 Å². The molecule has 2 aliphatic rings. The molecule has 0 atom stereocenters. The lowest BCUT2D eigenvalue weighted by molar-refractivity contribution is 0.0927. The van der Waals surface area contributed by atoms with Gasteiger partial charge in [0.05, 0.1) is 11.3 Å². The molecular weight excluding hydrogens is 382 g/mol. The fraction of sp³-hybridized carbons (Fsp3) is 0.560. The molecule has 1 aromatic heterocycles. The van der Waals surface area contributed by atoms with Crippen LogP contribution in [0.4, 0.5) is 8.78 Å². The minimum atomic E-state index is -0.470. The zero-order chi connectivity index (χ0) is 21.1. The van der Waals surface area contributed by atoms with Crippen molar-refractivity contribution in [1.29, 1.82) is 0 Å². The minimum absolute atomic E-state index is 0.0974. The molecule has 30 heavy (non-hydrogen) atoms. The van der Waals surface area contributed by atoms with E-state index in [2.05, 4.69) is 5.32 Å². The van der Waals surface area contributed by atoms with Gasteiger partial charge in [-0.2, -0.15) is 0 Å². The van der Waals surface area contributed by atoms with Crippen molar-refractivity contribution in [3.05, 3.63) is 47.2 Å². The monoisotopic (exact) mass is 414 g/mol. The van der Waals surface area contributed by atoms with Gasteiger partial charge in [-0.15, -0.1) is 0 Å². The van der Waals surface area contributed by atoms with Crippen LogP contribution in [0.5, 0.6) is 0 Å². The SMILES string of the molecule is Cc1c(C(=O)NC2CCCCC2)cc(-c2cc(F)ccc2F)n1CC1CCCCC1. The first-order chi connectivity index (χ1) is 14.5. The number of halogens is 2. The molecule has 2 fully saturated rings. The molecule has 5 heteroatoms. The first-order valence-corrected chi connectivity index (χ1v) is 11.5. The van der Waals surface area contributed by atoms with E-state index in [-0.39, 0.29) is 17.5 Å². The third-order valence-corrected chi connectivity index (χ3v) is 6.92. The molecular formula is C25H32F2N2O. The van der Waals surface area contributed by atoms with Crippen LogP contribution in [0.15, 0.2) is 24.3 Å². The number of rotatable bonds is 5. The Bertz CT molecular complexity index is 893. The van der Waals surface area contributed by atoms with Crippen LogP contribution >= 0.6 is 0 Å². The van der Waals surface area contributed by atoms with E-state index in [0.29, 0.717) is 17.2 Å². The summed E-state index contributed by atoms with van der Waals surface area (Å²) >= 11 is 0. The fourth-order valence-corrected chi connectivity index (χ4v) is 5.17. The molecule has 1 N–H and O–H groups in total. The molecule has 0 spiro atoms. The van der Waals surface area contributed by atoms with Crippen molar-refractivity contribution in [3.8, 4) is 11.3 Å². The van der Waals surface area contributed by atoms with Crippen molar-refractivity contribution in [2.24, 2.45) is 5.92 Å². The lowest BCUT2D eigenvalue weighted by atomic mass is 9.89. The topological polar surface area (TPSA) is 34.0 Å². The van der Waals surface area contributed by atoms with E-state index in [0.717, 1.165) is 56.8 Å². The second kappa shape index (κ2) is 9.32. The molecule has 0 saturated heterocycles. The van der Waals surface area contributed by atoms with E-state index >= 15 is 0 Å². The lowest BCUT2D eigenvalue weighted by Gasteiger charge is -2.24. The molecule has 2 saturated carbocycles. The predicted octanol–water partition coefficient (Wildman–Crippen LogP) is 6.38. The third kappa shape index (κ3) is 4.60. The average molecular weight is 415 g/mol. The molecule has 2 aliphatic carbocycles. The van der Waals surface area contributed by atoms with Gasteiger partial charge < -0.3 is 9.88 Å². The van der Waals surface area contributed by atoms with Crippen LogP contribution in [0.25, 0.3) is 11.3 Å². The van der Waals surface area contributed by atoms with E-state index in [1.165, 1.54) is 37.8 Å². The number of aromatic nitrogens is 1. The standard InChI is InChI=1S/C25H32F2N2O/c1-17-21(25(30)28-20-10-6-3-7-11-20)15-24(22-14-19(26)12-13-23(22)27)29(17)16-18-8-4-2-5-9-18/h12-15,18,20H,2-11,16H2,1H3,(H,28,30). The van der Waals surface area contributed by atoms with Gasteiger partial charge in [-0.05, 0) is 62.8 Å². The van der Waals surface area contributed by atoms with Crippen molar-refractivity contribution in [1.82, 2.24) is 9.88 Å². The number of hydrogen-bond acceptors (Lipinski definition) is 1. The largest absolute Gasteiger partial charge is 0.349 e. The summed E-state index contributed by atoms with van der Waals surface area (Å²) in [6.07, 6.45) is 11.5. The summed E-state index contributed by atoms with van der Waals surface area (Å²) in [5.41, 5.74) is 2.25. The Kier molecular flexibility index (Phi) is 6.55. The number of carbonyl (C=O) groups excluding carboxylic acids is 1. The van der Waals surface area contributed by atoms with Crippen LogP contribution < -0.4 is 5.32 Å². The lowest BCUT2D eigenvalue weighted by Crippen LogP contribution is -2.36. The van der Waals surface area contributed by atoms with Crippen LogP contribution in [0.1, 0.15) is 80.3 Å². The summed E-state index contributed by atoms with van der Waals surface area (Å²) in [5, 5.41) is 3.18. The highest BCUT2D eigenvalue weighted by Gasteiger charge is 2.25. The zero-order valence-corrected chi connectivity index (χ0v) is 17.9. The maximum absolute atomic E-state index is 14.6. The molecule has 3 nitrogen and oxygen atoms in total. The number of hydrogen-bond donors (Lipinski definition) is 1. The summed E-state index contributed by atoms with van der Waals surface area (Å²) in [5.74, 6) is -0.518. The first kappa shape index (κ1) is 21.1. The van der Waals surface area contributed by atoms with Gasteiger partial charge >= 0.3 is 0 Å². The third-order valence-electron chi connectivity index (χ3n) is 6.92. The van der Waals surface area contributed by atoms with Crippen molar-refractivity contribution >= 4 is 5.91 Å². The highest BCUT2D eigenvalue weighted by Crippen LogP contribution is 2.33. The maximum atomic E-state index is 14.6. The van der Waals surface area contributed by atoms with Crippen molar-refractivity contribution < 1.29 is 13.6 Å². The smallest absolute Gasteiger partial charge is 0.253 e. The Hall–Kier alpha value is -2.17. The Morgan fingerprint density at radius 3 is 2.37 bits per heavy atom. The van der Waals surface area contributed by atoms with Gasteiger partial charge in [0.25, 0.3) is 5.91 Å². The van der Waals surface area contributed by atoms with Gasteiger partial charge in [0.2, 0.25) is 0 Å². The predicted molar refractivity (Wildman–Crippen MR) is 115 cm³/mol. The number of nitrogens with zero attached hydrogens (tertiary/aromatic N) is 1. The summed E-state index contributed by atoms with van der Waals surface area (Å²) in [6, 6.07) is 5.51. The molecule has 0 unspecified atom stereocenters. The summed E-state index contributed by atoms with van der Waals surface area (Å²) in [4.78, 5) is 13.1. The molecule has 4 rings (SSSR count). The summed E-state index contributed by atoms with van der Waals surface area (Å²) < 4.78 is 30.6. The van der Waals surface area contributed by atoms with Gasteiger partial charge in [-0.25, -0.2) is 8.78 Å². The minimum Gasteiger partial charge on any atom is -0.349 e. The Morgan fingerprint density at radius 1 is 1.00 bits per heavy atom. The Balaban J connectivity index is 1.68. The molecule has 1 aromatic carbocycles. The second-order valence-corrected chi connectivity index (χ2v) is 9.08. The van der Waals surface area contributed by atoms with Crippen LogP contribution in [0, 0.1) is 24.5 Å². The zero-order valence-electron chi connectivity index (χ0n) is 17.9. The first-order valence-electron chi connectivity index (χ1n) is 11.5. The number of amides is 1. The summed E-state index contributed by atoms with van der Waals surface area (Å²) in [7, 11) is 0. The molecule has 162 valence electrons. The fourth-order valence-electron chi connectivity index (χ4n) is 5.17. The van der Waals surface area contributed by atoms with Gasteiger partial charge in [0.1, 0.15) is 11.6 Å². The number of nitrogens with one attached hydrogen (secondary N) is 1. The molecule has 0 radical (unpaired) electrons. The van der Waals surface area contributed by atoms with Crippen LogP contribution in [-0.2, 0) is 6.54 Å². The quantitative estimate of drug-likeness (QED) is 0.605. The van der Waals surface area contributed by atoms with Gasteiger partial charge in [-0.1, -0.05) is 38.5 Å². The van der Waals surface area contributed by atoms with E-state index < -0.39 is 11.6 Å². The van der Waals surface area contributed by atoms with E-state index in [4.69, 9.17) is 0 Å². The van der Waals surface area contributed by atoms with Crippen molar-refractivity contribution in [3.63, 3.8) is 0 Å². The van der Waals surface area contributed by atoms with Gasteiger partial charge in [0, 0.05) is 23.8 Å². The number of benzene rings is 1. The van der Waals surface area contributed by atoms with Gasteiger partial charge in [-0.3, -0.25) is 4.79 Å². The van der Waals surface area contributed by atoms with Crippen molar-refractivity contribution in [2.75, 3.05) is 0 Å². The maximum Gasteiger partial charge on any atom is 0.253 e. The highest BCUT2D eigenvalue weighted by atomic mass is 19.1.